The van der Waals surface area contributed by atoms with E-state index in [1.165, 1.54) is 0 Å². The lowest BCUT2D eigenvalue weighted by Crippen LogP contribution is -2.38. The van der Waals surface area contributed by atoms with E-state index in [9.17, 15) is 9.59 Å². The number of hydrogen-bond donors (Lipinski definition) is 1. The van der Waals surface area contributed by atoms with Crippen LogP contribution in [0, 0.1) is 0 Å². The maximum absolute atomic E-state index is 12.9. The first kappa shape index (κ1) is 19.5. The number of likely N-dealkylation sites (N-methyl/N-ethyl adjacent to an activating group) is 1. The van der Waals surface area contributed by atoms with Crippen LogP contribution >= 0.6 is 0 Å². The average molecular weight is 379 g/mol. The van der Waals surface area contributed by atoms with Crippen LogP contribution in [0.15, 0.2) is 54.6 Å². The Hall–Kier alpha value is -3.28. The van der Waals surface area contributed by atoms with Crippen LogP contribution in [0.4, 0.5) is 0 Å². The Morgan fingerprint density at radius 1 is 1.11 bits per heavy atom. The van der Waals surface area contributed by atoms with Gasteiger partial charge in [-0.3, -0.25) is 9.59 Å². The van der Waals surface area contributed by atoms with Gasteiger partial charge >= 0.3 is 0 Å². The summed E-state index contributed by atoms with van der Waals surface area (Å²) in [5, 5.41) is 0.928. The molecule has 2 amide bonds. The predicted octanol–water partition coefficient (Wildman–Crippen LogP) is 3.30. The number of hydrogen-bond acceptors (Lipinski definition) is 3. The largest absolute Gasteiger partial charge is 0.497 e. The van der Waals surface area contributed by atoms with E-state index in [1.54, 1.807) is 16.9 Å². The molecule has 0 saturated carbocycles. The van der Waals surface area contributed by atoms with E-state index in [0.29, 0.717) is 31.9 Å². The van der Waals surface area contributed by atoms with Gasteiger partial charge in [-0.2, -0.15) is 0 Å². The highest BCUT2D eigenvalue weighted by Gasteiger charge is 2.17. The van der Waals surface area contributed by atoms with Crippen LogP contribution in [-0.2, 0) is 11.3 Å². The van der Waals surface area contributed by atoms with Gasteiger partial charge in [-0.15, -0.1) is 0 Å². The van der Waals surface area contributed by atoms with Crippen molar-refractivity contribution < 1.29 is 14.3 Å². The molecule has 0 bridgehead atoms. The SMILES string of the molecule is CCN(CCN(C=O)Cc1ccccc1)C(=O)c1cc2cc(OC)ccc2[nH]1. The number of fused-ring (bicyclic) bond motifs is 1. The average Bonchev–Trinajstić information content (AvgIpc) is 3.17. The van der Waals surface area contributed by atoms with Gasteiger partial charge in [-0.05, 0) is 36.8 Å². The van der Waals surface area contributed by atoms with Crippen LogP contribution in [0.5, 0.6) is 5.75 Å². The first-order valence-corrected chi connectivity index (χ1v) is 9.34. The Morgan fingerprint density at radius 3 is 2.57 bits per heavy atom. The molecule has 2 aromatic carbocycles. The Morgan fingerprint density at radius 2 is 1.89 bits per heavy atom. The molecule has 0 spiro atoms. The van der Waals surface area contributed by atoms with Crippen molar-refractivity contribution in [3.05, 3.63) is 65.9 Å². The van der Waals surface area contributed by atoms with Crippen molar-refractivity contribution >= 4 is 23.2 Å². The van der Waals surface area contributed by atoms with E-state index in [-0.39, 0.29) is 5.91 Å². The molecular formula is C22H25N3O3. The molecule has 3 aromatic rings. The lowest BCUT2D eigenvalue weighted by atomic mass is 10.2. The van der Waals surface area contributed by atoms with Gasteiger partial charge in [-0.25, -0.2) is 0 Å². The first-order valence-electron chi connectivity index (χ1n) is 9.34. The standard InChI is InChI=1S/C22H25N3O3/c1-3-25(12-11-24(16-26)15-17-7-5-4-6-8-17)22(27)21-14-18-13-19(28-2)9-10-20(18)23-21/h4-10,13-14,16,23H,3,11-12,15H2,1-2H3. The lowest BCUT2D eigenvalue weighted by Gasteiger charge is -2.24. The van der Waals surface area contributed by atoms with Crippen LogP contribution in [0.3, 0.4) is 0 Å². The van der Waals surface area contributed by atoms with Gasteiger partial charge in [0.2, 0.25) is 6.41 Å². The molecule has 1 heterocycles. The highest BCUT2D eigenvalue weighted by molar-refractivity contribution is 5.98. The van der Waals surface area contributed by atoms with Crippen molar-refractivity contribution in [1.29, 1.82) is 0 Å². The smallest absolute Gasteiger partial charge is 0.270 e. The van der Waals surface area contributed by atoms with Gasteiger partial charge in [0.25, 0.3) is 5.91 Å². The second kappa shape index (κ2) is 9.08. The Labute approximate surface area is 164 Å². The molecule has 0 aliphatic heterocycles. The fourth-order valence-corrected chi connectivity index (χ4v) is 3.16. The number of methoxy groups -OCH3 is 1. The van der Waals surface area contributed by atoms with E-state index < -0.39 is 0 Å². The van der Waals surface area contributed by atoms with E-state index in [4.69, 9.17) is 4.74 Å². The zero-order valence-corrected chi connectivity index (χ0v) is 16.2. The number of ether oxygens (including phenoxy) is 1. The van der Waals surface area contributed by atoms with Crippen molar-refractivity contribution in [2.75, 3.05) is 26.7 Å². The highest BCUT2D eigenvalue weighted by atomic mass is 16.5. The molecule has 0 radical (unpaired) electrons. The number of carbonyl (C=O) groups excluding carboxylic acids is 2. The molecule has 0 saturated heterocycles. The van der Waals surface area contributed by atoms with Crippen LogP contribution in [0.2, 0.25) is 0 Å². The second-order valence-corrected chi connectivity index (χ2v) is 6.58. The fourth-order valence-electron chi connectivity index (χ4n) is 3.16. The van der Waals surface area contributed by atoms with Crippen LogP contribution < -0.4 is 4.74 Å². The third-order valence-electron chi connectivity index (χ3n) is 4.76. The number of aromatic nitrogens is 1. The summed E-state index contributed by atoms with van der Waals surface area (Å²) in [4.78, 5) is 30.9. The molecule has 0 aliphatic rings. The number of carbonyl (C=O) groups is 2. The lowest BCUT2D eigenvalue weighted by molar-refractivity contribution is -0.118. The maximum Gasteiger partial charge on any atom is 0.270 e. The number of benzene rings is 2. The van der Waals surface area contributed by atoms with Gasteiger partial charge in [0.05, 0.1) is 7.11 Å². The van der Waals surface area contributed by atoms with Gasteiger partial charge < -0.3 is 19.5 Å². The van der Waals surface area contributed by atoms with E-state index in [1.807, 2.05) is 61.5 Å². The number of nitrogens with zero attached hydrogens (tertiary/aromatic N) is 2. The second-order valence-electron chi connectivity index (χ2n) is 6.58. The van der Waals surface area contributed by atoms with Crippen molar-refractivity contribution in [2.45, 2.75) is 13.5 Å². The van der Waals surface area contributed by atoms with Crippen LogP contribution in [-0.4, -0.2) is 53.8 Å². The first-order chi connectivity index (χ1) is 13.6. The minimum Gasteiger partial charge on any atom is -0.497 e. The number of amides is 2. The molecule has 146 valence electrons. The summed E-state index contributed by atoms with van der Waals surface area (Å²) in [5.41, 5.74) is 2.48. The van der Waals surface area contributed by atoms with Crippen molar-refractivity contribution in [1.82, 2.24) is 14.8 Å². The number of H-pyrrole nitrogens is 1. The minimum absolute atomic E-state index is 0.0803. The van der Waals surface area contributed by atoms with E-state index in [2.05, 4.69) is 4.98 Å². The number of nitrogens with one attached hydrogen (secondary N) is 1. The quantitative estimate of drug-likeness (QED) is 0.580. The maximum atomic E-state index is 12.9. The Balaban J connectivity index is 1.66. The summed E-state index contributed by atoms with van der Waals surface area (Å²) in [6, 6.07) is 17.3. The molecule has 28 heavy (non-hydrogen) atoms. The molecule has 6 heteroatoms. The minimum atomic E-state index is -0.0803. The van der Waals surface area contributed by atoms with Crippen molar-refractivity contribution in [3.8, 4) is 5.75 Å². The third-order valence-corrected chi connectivity index (χ3v) is 4.76. The summed E-state index contributed by atoms with van der Waals surface area (Å²) in [6.45, 7) is 3.98. The summed E-state index contributed by atoms with van der Waals surface area (Å²) in [6.07, 6.45) is 0.834. The van der Waals surface area contributed by atoms with E-state index >= 15 is 0 Å². The summed E-state index contributed by atoms with van der Waals surface area (Å²) in [7, 11) is 1.62. The van der Waals surface area contributed by atoms with Gasteiger partial charge in [0.15, 0.2) is 0 Å². The zero-order valence-electron chi connectivity index (χ0n) is 16.2. The zero-order chi connectivity index (χ0) is 19.9. The molecule has 1 N–H and O–H groups in total. The molecule has 3 rings (SSSR count). The molecule has 6 nitrogen and oxygen atoms in total. The summed E-state index contributed by atoms with van der Waals surface area (Å²) < 4.78 is 5.24. The fraction of sp³-hybridized carbons (Fsp3) is 0.273. The van der Waals surface area contributed by atoms with Crippen LogP contribution in [0.25, 0.3) is 10.9 Å². The van der Waals surface area contributed by atoms with Crippen LogP contribution in [0.1, 0.15) is 23.0 Å². The van der Waals surface area contributed by atoms with Crippen molar-refractivity contribution in [3.63, 3.8) is 0 Å². The Bertz CT molecular complexity index is 937. The Kier molecular flexibility index (Phi) is 6.32. The van der Waals surface area contributed by atoms with Crippen molar-refractivity contribution in [2.24, 2.45) is 0 Å². The summed E-state index contributed by atoms with van der Waals surface area (Å²) >= 11 is 0. The van der Waals surface area contributed by atoms with Gasteiger partial charge in [0.1, 0.15) is 11.4 Å². The van der Waals surface area contributed by atoms with Gasteiger partial charge in [0, 0.05) is 37.1 Å². The van der Waals surface area contributed by atoms with Gasteiger partial charge in [-0.1, -0.05) is 30.3 Å². The normalized spacial score (nSPS) is 10.6. The summed E-state index contributed by atoms with van der Waals surface area (Å²) in [5.74, 6) is 0.670. The molecule has 0 unspecified atom stereocenters. The molecule has 1 aromatic heterocycles. The third kappa shape index (κ3) is 4.52. The number of rotatable bonds is 9. The monoisotopic (exact) mass is 379 g/mol. The highest BCUT2D eigenvalue weighted by Crippen LogP contribution is 2.22. The molecular weight excluding hydrogens is 354 g/mol. The number of aromatic amines is 1. The molecule has 0 aliphatic carbocycles. The van der Waals surface area contributed by atoms with E-state index in [0.717, 1.165) is 28.6 Å². The predicted molar refractivity (Wildman–Crippen MR) is 109 cm³/mol. The topological polar surface area (TPSA) is 65.6 Å². The molecule has 0 fully saturated rings. The molecule has 0 atom stereocenters.